The van der Waals surface area contributed by atoms with Gasteiger partial charge in [0, 0.05) is 23.8 Å². The number of anilines is 1. The molecule has 2 N–H and O–H groups in total. The molecule has 4 aromatic rings. The summed E-state index contributed by atoms with van der Waals surface area (Å²) in [6, 6.07) is 24.9. The highest BCUT2D eigenvalue weighted by atomic mass is 32.2. The summed E-state index contributed by atoms with van der Waals surface area (Å²) in [5.74, 6) is -2.76. The van der Waals surface area contributed by atoms with Crippen LogP contribution >= 0.6 is 0 Å². The molecule has 11 heteroatoms. The Morgan fingerprint density at radius 3 is 2.05 bits per heavy atom. The van der Waals surface area contributed by atoms with Crippen molar-refractivity contribution in [3.63, 3.8) is 0 Å². The number of hydrogen-bond acceptors (Lipinski definition) is 5. The minimum Gasteiger partial charge on any atom is -0.475 e. The number of para-hydroxylation sites is 1. The monoisotopic (exact) mass is 557 g/mol. The largest absolute Gasteiger partial charge is 0.490 e. The smallest absolute Gasteiger partial charge is 0.475 e. The van der Waals surface area contributed by atoms with Crippen molar-refractivity contribution in [3.05, 3.63) is 90.6 Å². The number of nitrogens with zero attached hydrogens (tertiary/aromatic N) is 2. The van der Waals surface area contributed by atoms with Crippen LogP contribution in [0, 0.1) is 0 Å². The third kappa shape index (κ3) is 7.33. The number of carboxylic acid groups (broad SMARTS) is 1. The summed E-state index contributed by atoms with van der Waals surface area (Å²) >= 11 is 0. The van der Waals surface area contributed by atoms with Gasteiger partial charge in [0.25, 0.3) is 10.0 Å². The molecule has 7 nitrogen and oxygen atoms in total. The number of fused-ring (bicyclic) bond motifs is 1. The fourth-order valence-electron chi connectivity index (χ4n) is 4.24. The summed E-state index contributed by atoms with van der Waals surface area (Å²) in [4.78, 5) is 15.8. The van der Waals surface area contributed by atoms with Gasteiger partial charge >= 0.3 is 12.1 Å². The highest BCUT2D eigenvalue weighted by Crippen LogP contribution is 2.26. The average Bonchev–Trinajstić information content (AvgIpc) is 3.42. The van der Waals surface area contributed by atoms with Crippen LogP contribution < -0.4 is 4.72 Å². The lowest BCUT2D eigenvalue weighted by Crippen LogP contribution is -2.21. The Balaban J connectivity index is 0.000000448. The van der Waals surface area contributed by atoms with E-state index in [2.05, 4.69) is 38.9 Å². The van der Waals surface area contributed by atoms with Crippen LogP contribution in [0.25, 0.3) is 22.0 Å². The maximum absolute atomic E-state index is 13.0. The van der Waals surface area contributed by atoms with E-state index in [0.717, 1.165) is 23.1 Å². The zero-order valence-electron chi connectivity index (χ0n) is 20.7. The summed E-state index contributed by atoms with van der Waals surface area (Å²) < 4.78 is 60.4. The zero-order valence-corrected chi connectivity index (χ0v) is 21.5. The van der Waals surface area contributed by atoms with Crippen molar-refractivity contribution in [2.75, 3.05) is 17.8 Å². The normalized spacial score (nSPS) is 14.0. The molecule has 0 amide bonds. The van der Waals surface area contributed by atoms with Crippen LogP contribution in [-0.4, -0.2) is 48.6 Å². The van der Waals surface area contributed by atoms with Crippen LogP contribution in [0.3, 0.4) is 0 Å². The molecule has 0 unspecified atom stereocenters. The van der Waals surface area contributed by atoms with E-state index in [1.807, 2.05) is 24.3 Å². The number of likely N-dealkylation sites (tertiary alicyclic amines) is 1. The SMILES string of the molecule is O=C(O)C(F)(F)F.O=S(=O)(Nc1ccc(-c2ccc(CN3CCCC3)cc2)cc1)c1cccc2cccnc12. The second-order valence-electron chi connectivity index (χ2n) is 9.00. The van der Waals surface area contributed by atoms with E-state index in [4.69, 9.17) is 9.90 Å². The highest BCUT2D eigenvalue weighted by molar-refractivity contribution is 7.93. The third-order valence-electron chi connectivity index (χ3n) is 6.16. The Labute approximate surface area is 224 Å². The summed E-state index contributed by atoms with van der Waals surface area (Å²) in [6.07, 6.45) is -0.886. The van der Waals surface area contributed by atoms with Gasteiger partial charge in [-0.2, -0.15) is 13.2 Å². The molecule has 1 fully saturated rings. The predicted octanol–water partition coefficient (Wildman–Crippen LogP) is 5.93. The summed E-state index contributed by atoms with van der Waals surface area (Å²) in [7, 11) is -3.75. The van der Waals surface area contributed by atoms with E-state index >= 15 is 0 Å². The maximum Gasteiger partial charge on any atom is 0.490 e. The van der Waals surface area contributed by atoms with E-state index < -0.39 is 22.2 Å². The van der Waals surface area contributed by atoms with Gasteiger partial charge in [0.05, 0.1) is 5.52 Å². The lowest BCUT2D eigenvalue weighted by Gasteiger charge is -2.15. The number of rotatable bonds is 6. The molecule has 0 radical (unpaired) electrons. The molecule has 1 saturated heterocycles. The first-order chi connectivity index (χ1) is 18.5. The van der Waals surface area contributed by atoms with Crippen molar-refractivity contribution in [2.45, 2.75) is 30.5 Å². The molecule has 1 aliphatic heterocycles. The molecule has 1 aromatic heterocycles. The molecule has 39 heavy (non-hydrogen) atoms. The predicted molar refractivity (Wildman–Crippen MR) is 143 cm³/mol. The van der Waals surface area contributed by atoms with E-state index in [9.17, 15) is 21.6 Å². The lowest BCUT2D eigenvalue weighted by atomic mass is 10.0. The van der Waals surface area contributed by atoms with E-state index in [0.29, 0.717) is 11.2 Å². The van der Waals surface area contributed by atoms with Crippen LogP contribution in [0.2, 0.25) is 0 Å². The van der Waals surface area contributed by atoms with Crippen molar-refractivity contribution >= 4 is 32.6 Å². The topological polar surface area (TPSA) is 99.6 Å². The molecule has 204 valence electrons. The summed E-state index contributed by atoms with van der Waals surface area (Å²) in [5, 5.41) is 7.92. The van der Waals surface area contributed by atoms with Crippen molar-refractivity contribution in [1.29, 1.82) is 0 Å². The number of carbonyl (C=O) groups is 1. The first kappa shape index (κ1) is 28.1. The zero-order chi connectivity index (χ0) is 28.0. The molecular weight excluding hydrogens is 531 g/mol. The van der Waals surface area contributed by atoms with Crippen LogP contribution in [0.5, 0.6) is 0 Å². The number of hydrogen-bond donors (Lipinski definition) is 2. The van der Waals surface area contributed by atoms with Crippen LogP contribution in [0.15, 0.2) is 90.0 Å². The number of alkyl halides is 3. The molecular formula is C28H26F3N3O4S. The van der Waals surface area contributed by atoms with E-state index in [-0.39, 0.29) is 4.90 Å². The highest BCUT2D eigenvalue weighted by Gasteiger charge is 2.38. The van der Waals surface area contributed by atoms with Crippen molar-refractivity contribution in [2.24, 2.45) is 0 Å². The van der Waals surface area contributed by atoms with E-state index in [1.54, 1.807) is 36.5 Å². The van der Waals surface area contributed by atoms with E-state index in [1.165, 1.54) is 31.5 Å². The first-order valence-corrected chi connectivity index (χ1v) is 13.6. The Kier molecular flexibility index (Phi) is 8.51. The Morgan fingerprint density at radius 1 is 0.897 bits per heavy atom. The lowest BCUT2D eigenvalue weighted by molar-refractivity contribution is -0.192. The Bertz CT molecular complexity index is 1530. The minimum absolute atomic E-state index is 0.174. The second kappa shape index (κ2) is 11.8. The number of aromatic nitrogens is 1. The fraction of sp³-hybridized carbons (Fsp3) is 0.214. The number of carboxylic acids is 1. The molecule has 0 bridgehead atoms. The van der Waals surface area contributed by atoms with Gasteiger partial charge < -0.3 is 5.11 Å². The average molecular weight is 558 g/mol. The maximum atomic E-state index is 13.0. The Morgan fingerprint density at radius 2 is 1.46 bits per heavy atom. The third-order valence-corrected chi connectivity index (χ3v) is 7.57. The van der Waals surface area contributed by atoms with Gasteiger partial charge in [0.1, 0.15) is 4.90 Å². The number of pyridine rings is 1. The van der Waals surface area contributed by atoms with Crippen molar-refractivity contribution < 1.29 is 31.5 Å². The summed E-state index contributed by atoms with van der Waals surface area (Å²) in [5.41, 5.74) is 4.47. The molecule has 2 heterocycles. The molecule has 0 saturated carbocycles. The van der Waals surface area contributed by atoms with Crippen molar-refractivity contribution in [3.8, 4) is 11.1 Å². The van der Waals surface area contributed by atoms with Gasteiger partial charge in [0.2, 0.25) is 0 Å². The number of nitrogens with one attached hydrogen (secondary N) is 1. The molecule has 3 aromatic carbocycles. The fourth-order valence-corrected chi connectivity index (χ4v) is 5.47. The van der Waals surface area contributed by atoms with Gasteiger partial charge in [-0.15, -0.1) is 0 Å². The standard InChI is InChI=1S/C26H25N3O2S.C2HF3O2/c30-32(31,25-7-3-5-23-6-4-16-27-26(23)25)28-24-14-12-22(13-15-24)21-10-8-20(9-11-21)19-29-17-1-2-18-29;3-2(4,5)1(6)7/h3-16,28H,1-2,17-19H2;(H,6,7). The minimum atomic E-state index is -5.08. The molecule has 0 spiro atoms. The number of benzene rings is 3. The van der Waals surface area contributed by atoms with Crippen molar-refractivity contribution in [1.82, 2.24) is 9.88 Å². The Hall–Kier alpha value is -3.96. The molecule has 1 aliphatic rings. The van der Waals surface area contributed by atoms with Gasteiger partial charge in [0.15, 0.2) is 0 Å². The number of aliphatic carboxylic acids is 1. The second-order valence-corrected chi connectivity index (χ2v) is 10.6. The molecule has 0 aliphatic carbocycles. The van der Waals surface area contributed by atoms with Crippen LogP contribution in [0.4, 0.5) is 18.9 Å². The quantitative estimate of drug-likeness (QED) is 0.305. The summed E-state index contributed by atoms with van der Waals surface area (Å²) in [6.45, 7) is 3.38. The van der Waals surface area contributed by atoms with Crippen LogP contribution in [0.1, 0.15) is 18.4 Å². The molecule has 5 rings (SSSR count). The van der Waals surface area contributed by atoms with Gasteiger partial charge in [-0.05, 0) is 66.9 Å². The van der Waals surface area contributed by atoms with Gasteiger partial charge in [-0.1, -0.05) is 54.6 Å². The number of sulfonamides is 1. The van der Waals surface area contributed by atoms with Gasteiger partial charge in [-0.25, -0.2) is 13.2 Å². The first-order valence-electron chi connectivity index (χ1n) is 12.1. The van der Waals surface area contributed by atoms with Gasteiger partial charge in [-0.3, -0.25) is 14.6 Å². The number of halogens is 3. The van der Waals surface area contributed by atoms with Crippen LogP contribution in [-0.2, 0) is 21.4 Å². The molecule has 0 atom stereocenters.